The fourth-order valence-electron chi connectivity index (χ4n) is 3.32. The fraction of sp³-hybridized carbons (Fsp3) is 0.500. The number of likely N-dealkylation sites (N-methyl/N-ethyl adjacent to an activating group) is 1. The van der Waals surface area contributed by atoms with Gasteiger partial charge in [0.15, 0.2) is 0 Å². The van der Waals surface area contributed by atoms with Crippen LogP contribution in [-0.2, 0) is 6.42 Å². The lowest BCUT2D eigenvalue weighted by atomic mass is 10.1. The molecular formula is C26H38N4OS. The number of hydrogen-bond acceptors (Lipinski definition) is 5. The highest BCUT2D eigenvalue weighted by molar-refractivity contribution is 7.12. The Morgan fingerprint density at radius 3 is 2.41 bits per heavy atom. The summed E-state index contributed by atoms with van der Waals surface area (Å²) in [7, 11) is 2.17. The van der Waals surface area contributed by atoms with Crippen molar-refractivity contribution in [3.8, 4) is 11.8 Å². The molecule has 32 heavy (non-hydrogen) atoms. The van der Waals surface area contributed by atoms with Gasteiger partial charge in [0, 0.05) is 43.2 Å². The van der Waals surface area contributed by atoms with Crippen LogP contribution in [0.5, 0.6) is 0 Å². The second-order valence-electron chi connectivity index (χ2n) is 7.93. The summed E-state index contributed by atoms with van der Waals surface area (Å²) in [6, 6.07) is 10.6. The molecule has 0 radical (unpaired) electrons. The lowest BCUT2D eigenvalue weighted by molar-refractivity contribution is 0.143. The first-order chi connectivity index (χ1) is 15.4. The summed E-state index contributed by atoms with van der Waals surface area (Å²) < 4.78 is 0. The maximum Gasteiger partial charge on any atom is 0.120 e. The molecule has 1 aliphatic heterocycles. The molecule has 4 rings (SSSR count). The fourth-order valence-corrected chi connectivity index (χ4v) is 4.18. The van der Waals surface area contributed by atoms with Gasteiger partial charge in [-0.15, -0.1) is 11.3 Å². The third kappa shape index (κ3) is 7.37. The van der Waals surface area contributed by atoms with Crippen molar-refractivity contribution < 1.29 is 5.11 Å². The summed E-state index contributed by atoms with van der Waals surface area (Å²) in [5, 5.41) is 9.74. The van der Waals surface area contributed by atoms with Gasteiger partial charge in [-0.3, -0.25) is 0 Å². The van der Waals surface area contributed by atoms with Crippen LogP contribution in [0.4, 0.5) is 5.69 Å². The Morgan fingerprint density at radius 1 is 1.06 bits per heavy atom. The molecule has 0 unspecified atom stereocenters. The second-order valence-corrected chi connectivity index (χ2v) is 9.10. The molecule has 3 heterocycles. The molecule has 5 nitrogen and oxygen atoms in total. The van der Waals surface area contributed by atoms with E-state index in [-0.39, 0.29) is 0 Å². The van der Waals surface area contributed by atoms with Crippen LogP contribution >= 0.6 is 11.3 Å². The molecule has 0 amide bonds. The minimum Gasteiger partial charge on any atom is -0.378 e. The van der Waals surface area contributed by atoms with E-state index in [2.05, 4.69) is 57.9 Å². The second kappa shape index (κ2) is 12.1. The van der Waals surface area contributed by atoms with Crippen LogP contribution in [-0.4, -0.2) is 58.8 Å². The molecule has 0 atom stereocenters. The Morgan fingerprint density at radius 2 is 1.75 bits per heavy atom. The summed E-state index contributed by atoms with van der Waals surface area (Å²) >= 11 is 1.65. The number of imidazole rings is 1. The van der Waals surface area contributed by atoms with E-state index in [1.54, 1.807) is 25.2 Å². The van der Waals surface area contributed by atoms with E-state index in [4.69, 9.17) is 4.98 Å². The van der Waals surface area contributed by atoms with Gasteiger partial charge in [-0.25, -0.2) is 4.98 Å². The molecule has 1 fully saturated rings. The van der Waals surface area contributed by atoms with Crippen molar-refractivity contribution in [2.45, 2.75) is 53.6 Å². The van der Waals surface area contributed by atoms with Gasteiger partial charge in [0.05, 0.1) is 15.9 Å². The van der Waals surface area contributed by atoms with E-state index in [0.717, 1.165) is 54.3 Å². The highest BCUT2D eigenvalue weighted by Gasteiger charge is 2.15. The maximum absolute atomic E-state index is 9.74. The van der Waals surface area contributed by atoms with E-state index in [9.17, 15) is 5.11 Å². The lowest BCUT2D eigenvalue weighted by Crippen LogP contribution is -2.44. The highest BCUT2D eigenvalue weighted by Crippen LogP contribution is 2.24. The molecule has 0 aliphatic carbocycles. The third-order valence-electron chi connectivity index (χ3n) is 4.88. The predicted molar refractivity (Wildman–Crippen MR) is 139 cm³/mol. The van der Waals surface area contributed by atoms with Crippen molar-refractivity contribution in [2.24, 2.45) is 0 Å². The van der Waals surface area contributed by atoms with E-state index in [0.29, 0.717) is 0 Å². The number of fused-ring (bicyclic) bond motifs is 1. The Kier molecular flexibility index (Phi) is 9.77. The summed E-state index contributed by atoms with van der Waals surface area (Å²) in [5.74, 6) is 6.87. The summed E-state index contributed by atoms with van der Waals surface area (Å²) in [6.45, 7) is 15.7. The van der Waals surface area contributed by atoms with Gasteiger partial charge in [0.1, 0.15) is 11.4 Å². The van der Waals surface area contributed by atoms with Crippen molar-refractivity contribution in [3.63, 3.8) is 0 Å². The molecule has 174 valence electrons. The molecule has 3 aromatic rings. The van der Waals surface area contributed by atoms with Crippen molar-refractivity contribution in [1.29, 1.82) is 0 Å². The van der Waals surface area contributed by atoms with Crippen LogP contribution < -0.4 is 4.90 Å². The van der Waals surface area contributed by atoms with Gasteiger partial charge in [-0.05, 0) is 51.2 Å². The van der Waals surface area contributed by atoms with Crippen molar-refractivity contribution in [1.82, 2.24) is 14.9 Å². The van der Waals surface area contributed by atoms with Crippen molar-refractivity contribution in [2.75, 3.05) is 38.1 Å². The van der Waals surface area contributed by atoms with Gasteiger partial charge < -0.3 is 19.9 Å². The predicted octanol–water partition coefficient (Wildman–Crippen LogP) is 5.14. The molecule has 1 saturated heterocycles. The third-order valence-corrected chi connectivity index (χ3v) is 5.88. The quantitative estimate of drug-likeness (QED) is 0.538. The number of aromatic amines is 1. The van der Waals surface area contributed by atoms with Crippen LogP contribution in [0.2, 0.25) is 0 Å². The zero-order chi connectivity index (χ0) is 23.7. The van der Waals surface area contributed by atoms with E-state index in [1.165, 1.54) is 10.6 Å². The molecular weight excluding hydrogens is 416 g/mol. The maximum atomic E-state index is 9.74. The molecule has 0 spiro atoms. The number of rotatable bonds is 3. The number of thiophene rings is 1. The summed E-state index contributed by atoms with van der Waals surface area (Å²) in [5.41, 5.74) is 2.39. The Bertz CT molecular complexity index is 1030. The number of benzene rings is 1. The van der Waals surface area contributed by atoms with Gasteiger partial charge in [0.25, 0.3) is 0 Å². The zero-order valence-electron chi connectivity index (χ0n) is 20.6. The number of nitrogens with one attached hydrogen (secondary N) is 1. The molecule has 2 aromatic heterocycles. The Labute approximate surface area is 197 Å². The highest BCUT2D eigenvalue weighted by atomic mass is 32.1. The number of anilines is 1. The Hall–Kier alpha value is -2.33. The van der Waals surface area contributed by atoms with E-state index in [1.807, 2.05) is 33.8 Å². The van der Waals surface area contributed by atoms with Crippen molar-refractivity contribution >= 4 is 28.1 Å². The number of H-pyrrole nitrogens is 1. The minimum atomic E-state index is -0.968. The van der Waals surface area contributed by atoms with E-state index >= 15 is 0 Å². The van der Waals surface area contributed by atoms with E-state index < -0.39 is 5.60 Å². The van der Waals surface area contributed by atoms with Gasteiger partial charge in [0.2, 0.25) is 0 Å². The topological polar surface area (TPSA) is 55.4 Å². The Balaban J connectivity index is 0.000000860. The molecule has 1 aromatic carbocycles. The summed E-state index contributed by atoms with van der Waals surface area (Å²) in [6.07, 6.45) is 0.757. The van der Waals surface area contributed by atoms with Crippen LogP contribution in [0.3, 0.4) is 0 Å². The van der Waals surface area contributed by atoms with Crippen molar-refractivity contribution in [3.05, 3.63) is 45.9 Å². The normalized spacial score (nSPS) is 14.1. The SMILES string of the molecule is CC.CC.CN1CCN(c2ccc3nc(Cc4ccc(C#CC(C)(C)O)s4)[nH]c3c2)CC1. The molecule has 0 saturated carbocycles. The lowest BCUT2D eigenvalue weighted by Gasteiger charge is -2.34. The van der Waals surface area contributed by atoms with Crippen LogP contribution in [0.15, 0.2) is 30.3 Å². The number of aliphatic hydroxyl groups is 1. The first-order valence-electron chi connectivity index (χ1n) is 11.6. The average Bonchev–Trinajstić information content (AvgIpc) is 3.41. The largest absolute Gasteiger partial charge is 0.378 e. The van der Waals surface area contributed by atoms with Crippen LogP contribution in [0, 0.1) is 11.8 Å². The minimum absolute atomic E-state index is 0.757. The van der Waals surface area contributed by atoms with Crippen LogP contribution in [0.1, 0.15) is 57.1 Å². The smallest absolute Gasteiger partial charge is 0.120 e. The van der Waals surface area contributed by atoms with Gasteiger partial charge in [-0.2, -0.15) is 0 Å². The first-order valence-corrected chi connectivity index (χ1v) is 12.4. The monoisotopic (exact) mass is 454 g/mol. The number of piperazine rings is 1. The average molecular weight is 455 g/mol. The number of aromatic nitrogens is 2. The molecule has 2 N–H and O–H groups in total. The molecule has 1 aliphatic rings. The number of hydrogen-bond donors (Lipinski definition) is 2. The zero-order valence-corrected chi connectivity index (χ0v) is 21.4. The summed E-state index contributed by atoms with van der Waals surface area (Å²) in [4.78, 5) is 15.2. The van der Waals surface area contributed by atoms with Gasteiger partial charge >= 0.3 is 0 Å². The molecule has 0 bridgehead atoms. The molecule has 6 heteroatoms. The first kappa shape index (κ1) is 25.9. The van der Waals surface area contributed by atoms with Crippen LogP contribution in [0.25, 0.3) is 11.0 Å². The van der Waals surface area contributed by atoms with Gasteiger partial charge in [-0.1, -0.05) is 39.5 Å². The number of nitrogens with zero attached hydrogens (tertiary/aromatic N) is 3. The standard InChI is InChI=1S/C22H26N4OS.2C2H6/c1-22(2,27)9-8-17-5-6-18(28-17)15-21-23-19-7-4-16(14-20(19)24-21)26-12-10-25(3)11-13-26;2*1-2/h4-7,14,27H,10-13,15H2,1-3H3,(H,23,24);2*1-2H3.